The Kier molecular flexibility index (Phi) is 5.89. The molecule has 2 amide bonds. The average molecular weight is 360 g/mol. The highest BCUT2D eigenvalue weighted by Crippen LogP contribution is 2.24. The summed E-state index contributed by atoms with van der Waals surface area (Å²) in [5.74, 6) is 0. The molecule has 0 bridgehead atoms. The quantitative estimate of drug-likeness (QED) is 0.906. The van der Waals surface area contributed by atoms with Gasteiger partial charge in [0.15, 0.2) is 0 Å². The van der Waals surface area contributed by atoms with Gasteiger partial charge in [-0.15, -0.1) is 0 Å². The molecule has 2 heterocycles. The Morgan fingerprint density at radius 2 is 1.76 bits per heavy atom. The molecule has 6 heteroatoms. The summed E-state index contributed by atoms with van der Waals surface area (Å²) in [6, 6.07) is 11.1. The SMILES string of the molecule is COC1CCN(C(=O)N[C@@H](c2ccncc2)c2ccc(Cl)cc2)CC1. The van der Waals surface area contributed by atoms with Crippen molar-refractivity contribution in [3.8, 4) is 0 Å². The van der Waals surface area contributed by atoms with Gasteiger partial charge >= 0.3 is 6.03 Å². The van der Waals surface area contributed by atoms with Gasteiger partial charge in [0.1, 0.15) is 0 Å². The van der Waals surface area contributed by atoms with Crippen LogP contribution in [0, 0.1) is 0 Å². The van der Waals surface area contributed by atoms with E-state index in [0.29, 0.717) is 18.1 Å². The number of aromatic nitrogens is 1. The molecule has 0 unspecified atom stereocenters. The molecule has 25 heavy (non-hydrogen) atoms. The zero-order valence-electron chi connectivity index (χ0n) is 14.2. The topological polar surface area (TPSA) is 54.5 Å². The van der Waals surface area contributed by atoms with Crippen LogP contribution in [-0.4, -0.2) is 42.2 Å². The summed E-state index contributed by atoms with van der Waals surface area (Å²) < 4.78 is 5.37. The van der Waals surface area contributed by atoms with E-state index < -0.39 is 0 Å². The predicted octanol–water partition coefficient (Wildman–Crippen LogP) is 3.64. The normalized spacial score (nSPS) is 16.5. The van der Waals surface area contributed by atoms with Gasteiger partial charge in [-0.05, 0) is 48.2 Å². The van der Waals surface area contributed by atoms with E-state index in [9.17, 15) is 4.79 Å². The number of likely N-dealkylation sites (tertiary alicyclic amines) is 1. The van der Waals surface area contributed by atoms with Crippen molar-refractivity contribution in [1.82, 2.24) is 15.2 Å². The number of carbonyl (C=O) groups excluding carboxylic acids is 1. The summed E-state index contributed by atoms with van der Waals surface area (Å²) in [5, 5.41) is 3.82. The second kappa shape index (κ2) is 8.32. The highest BCUT2D eigenvalue weighted by molar-refractivity contribution is 6.30. The second-order valence-electron chi connectivity index (χ2n) is 6.14. The van der Waals surface area contributed by atoms with Crippen molar-refractivity contribution in [2.24, 2.45) is 0 Å². The summed E-state index contributed by atoms with van der Waals surface area (Å²) in [7, 11) is 1.72. The standard InChI is InChI=1S/C19H22ClN3O2/c1-25-17-8-12-23(13-9-17)19(24)22-18(15-6-10-21-11-7-15)14-2-4-16(20)5-3-14/h2-7,10-11,17-18H,8-9,12-13H2,1H3,(H,22,24)/t18-/m1/s1. The summed E-state index contributed by atoms with van der Waals surface area (Å²) >= 11 is 6.00. The number of nitrogens with one attached hydrogen (secondary N) is 1. The van der Waals surface area contributed by atoms with Gasteiger partial charge in [-0.3, -0.25) is 4.98 Å². The molecule has 1 aromatic carbocycles. The molecule has 3 rings (SSSR count). The Morgan fingerprint density at radius 3 is 2.36 bits per heavy atom. The van der Waals surface area contributed by atoms with Crippen molar-refractivity contribution in [1.29, 1.82) is 0 Å². The third-order valence-electron chi connectivity index (χ3n) is 4.57. The number of hydrogen-bond acceptors (Lipinski definition) is 3. The maximum Gasteiger partial charge on any atom is 0.318 e. The summed E-state index contributed by atoms with van der Waals surface area (Å²) in [6.45, 7) is 1.40. The van der Waals surface area contributed by atoms with Crippen LogP contribution in [0.25, 0.3) is 0 Å². The lowest BCUT2D eigenvalue weighted by molar-refractivity contribution is 0.0501. The predicted molar refractivity (Wildman–Crippen MR) is 97.7 cm³/mol. The second-order valence-corrected chi connectivity index (χ2v) is 6.57. The number of pyridine rings is 1. The number of nitrogens with zero attached hydrogens (tertiary/aromatic N) is 2. The number of amides is 2. The van der Waals surface area contributed by atoms with E-state index in [2.05, 4.69) is 10.3 Å². The van der Waals surface area contributed by atoms with Crippen LogP contribution in [0.2, 0.25) is 5.02 Å². The number of halogens is 1. The molecule has 0 saturated carbocycles. The first kappa shape index (κ1) is 17.7. The van der Waals surface area contributed by atoms with Crippen molar-refractivity contribution in [2.45, 2.75) is 25.0 Å². The number of piperidine rings is 1. The Morgan fingerprint density at radius 1 is 1.16 bits per heavy atom. The van der Waals surface area contributed by atoms with E-state index in [0.717, 1.165) is 24.0 Å². The molecule has 1 aliphatic rings. The Bertz CT molecular complexity index is 686. The van der Waals surface area contributed by atoms with Gasteiger partial charge in [0.2, 0.25) is 0 Å². The van der Waals surface area contributed by atoms with Gasteiger partial charge in [0.25, 0.3) is 0 Å². The third-order valence-corrected chi connectivity index (χ3v) is 4.83. The van der Waals surface area contributed by atoms with Gasteiger partial charge in [-0.2, -0.15) is 0 Å². The van der Waals surface area contributed by atoms with E-state index in [1.165, 1.54) is 0 Å². The Balaban J connectivity index is 1.76. The van der Waals surface area contributed by atoms with Crippen LogP contribution in [0.15, 0.2) is 48.8 Å². The lowest BCUT2D eigenvalue weighted by atomic mass is 10.00. The van der Waals surface area contributed by atoms with Gasteiger partial charge in [0, 0.05) is 37.6 Å². The van der Waals surface area contributed by atoms with Crippen LogP contribution < -0.4 is 5.32 Å². The molecule has 0 spiro atoms. The summed E-state index contributed by atoms with van der Waals surface area (Å²) in [4.78, 5) is 18.7. The summed E-state index contributed by atoms with van der Waals surface area (Å²) in [5.41, 5.74) is 1.97. The van der Waals surface area contributed by atoms with Crippen LogP contribution >= 0.6 is 11.6 Å². The van der Waals surface area contributed by atoms with E-state index in [1.807, 2.05) is 41.3 Å². The molecule has 0 aliphatic carbocycles. The number of urea groups is 1. The van der Waals surface area contributed by atoms with Gasteiger partial charge in [-0.1, -0.05) is 23.7 Å². The zero-order valence-corrected chi connectivity index (χ0v) is 14.9. The highest BCUT2D eigenvalue weighted by Gasteiger charge is 2.25. The van der Waals surface area contributed by atoms with Gasteiger partial charge in [0.05, 0.1) is 12.1 Å². The van der Waals surface area contributed by atoms with Crippen molar-refractivity contribution in [2.75, 3.05) is 20.2 Å². The minimum Gasteiger partial charge on any atom is -0.381 e. The molecular formula is C19H22ClN3O2. The van der Waals surface area contributed by atoms with Crippen molar-refractivity contribution in [3.63, 3.8) is 0 Å². The third kappa shape index (κ3) is 4.50. The fourth-order valence-corrected chi connectivity index (χ4v) is 3.21. The largest absolute Gasteiger partial charge is 0.381 e. The van der Waals surface area contributed by atoms with E-state index in [-0.39, 0.29) is 18.2 Å². The van der Waals surface area contributed by atoms with Crippen LogP contribution in [0.5, 0.6) is 0 Å². The molecule has 1 aliphatic heterocycles. The highest BCUT2D eigenvalue weighted by atomic mass is 35.5. The van der Waals surface area contributed by atoms with Crippen molar-refractivity contribution < 1.29 is 9.53 Å². The molecule has 1 N–H and O–H groups in total. The Labute approximate surface area is 153 Å². The molecule has 1 fully saturated rings. The van der Waals surface area contributed by atoms with Gasteiger partial charge in [-0.25, -0.2) is 4.79 Å². The first-order valence-electron chi connectivity index (χ1n) is 8.41. The number of carbonyl (C=O) groups is 1. The fourth-order valence-electron chi connectivity index (χ4n) is 3.08. The monoisotopic (exact) mass is 359 g/mol. The maximum absolute atomic E-state index is 12.7. The van der Waals surface area contributed by atoms with E-state index >= 15 is 0 Å². The van der Waals surface area contributed by atoms with Crippen LogP contribution in [0.3, 0.4) is 0 Å². The molecule has 1 saturated heterocycles. The molecule has 132 valence electrons. The molecule has 1 aromatic heterocycles. The molecular weight excluding hydrogens is 338 g/mol. The molecule has 2 aromatic rings. The molecule has 5 nitrogen and oxygen atoms in total. The molecule has 1 atom stereocenters. The lowest BCUT2D eigenvalue weighted by Gasteiger charge is -2.32. The number of ether oxygens (including phenoxy) is 1. The molecule has 0 radical (unpaired) electrons. The van der Waals surface area contributed by atoms with Crippen molar-refractivity contribution in [3.05, 3.63) is 64.9 Å². The van der Waals surface area contributed by atoms with Crippen LogP contribution in [0.4, 0.5) is 4.79 Å². The fraction of sp³-hybridized carbons (Fsp3) is 0.368. The number of benzene rings is 1. The Hall–Kier alpha value is -2.11. The van der Waals surface area contributed by atoms with E-state index in [1.54, 1.807) is 19.5 Å². The van der Waals surface area contributed by atoms with Crippen LogP contribution in [0.1, 0.15) is 30.0 Å². The number of rotatable bonds is 4. The maximum atomic E-state index is 12.7. The van der Waals surface area contributed by atoms with Crippen molar-refractivity contribution >= 4 is 17.6 Å². The van der Waals surface area contributed by atoms with E-state index in [4.69, 9.17) is 16.3 Å². The number of methoxy groups -OCH3 is 1. The lowest BCUT2D eigenvalue weighted by Crippen LogP contribution is -2.46. The van der Waals surface area contributed by atoms with Gasteiger partial charge < -0.3 is 15.0 Å². The minimum absolute atomic E-state index is 0.0636. The minimum atomic E-state index is -0.243. The zero-order chi connectivity index (χ0) is 17.6. The summed E-state index contributed by atoms with van der Waals surface area (Å²) in [6.07, 6.45) is 5.44. The number of hydrogen-bond donors (Lipinski definition) is 1. The van der Waals surface area contributed by atoms with Crippen LogP contribution in [-0.2, 0) is 4.74 Å². The average Bonchev–Trinajstić information content (AvgIpc) is 2.67. The smallest absolute Gasteiger partial charge is 0.318 e. The first-order chi connectivity index (χ1) is 12.2. The first-order valence-corrected chi connectivity index (χ1v) is 8.79.